The third-order valence-electron chi connectivity index (χ3n) is 3.16. The molecule has 0 atom stereocenters. The van der Waals surface area contributed by atoms with Crippen molar-refractivity contribution in [2.45, 2.75) is 33.1 Å². The molecule has 4 heteroatoms. The van der Waals surface area contributed by atoms with Crippen LogP contribution in [0.3, 0.4) is 0 Å². The molecule has 21 heavy (non-hydrogen) atoms. The van der Waals surface area contributed by atoms with Gasteiger partial charge in [0.05, 0.1) is 7.11 Å². The first-order chi connectivity index (χ1) is 9.92. The van der Waals surface area contributed by atoms with E-state index in [1.54, 1.807) is 12.1 Å². The molecule has 0 heterocycles. The summed E-state index contributed by atoms with van der Waals surface area (Å²) in [5.74, 6) is -0.879. The molecule has 1 rings (SSSR count). The van der Waals surface area contributed by atoms with Crippen LogP contribution < -0.4 is 4.74 Å². The number of benzene rings is 1. The predicted molar refractivity (Wildman–Crippen MR) is 84.1 cm³/mol. The normalized spacial score (nSPS) is 10.8. The molecule has 0 aliphatic rings. The van der Waals surface area contributed by atoms with E-state index in [0.717, 1.165) is 12.0 Å². The van der Waals surface area contributed by atoms with Crippen LogP contribution in [0.5, 0.6) is 11.5 Å². The van der Waals surface area contributed by atoms with Crippen LogP contribution in [0.15, 0.2) is 24.3 Å². The fourth-order valence-electron chi connectivity index (χ4n) is 2.07. The van der Waals surface area contributed by atoms with Crippen molar-refractivity contribution in [2.75, 3.05) is 7.11 Å². The molecule has 0 aromatic heterocycles. The number of hydrogen-bond acceptors (Lipinski definition) is 3. The zero-order chi connectivity index (χ0) is 16.0. The van der Waals surface area contributed by atoms with E-state index < -0.39 is 5.97 Å². The van der Waals surface area contributed by atoms with E-state index >= 15 is 0 Å². The molecule has 0 saturated carbocycles. The summed E-state index contributed by atoms with van der Waals surface area (Å²) in [4.78, 5) is 11.4. The summed E-state index contributed by atoms with van der Waals surface area (Å²) in [6.07, 6.45) is 5.46. The number of aromatic hydroxyl groups is 1. The number of methoxy groups -OCH3 is 1. The molecule has 0 unspecified atom stereocenters. The number of carbonyl (C=O) groups is 1. The van der Waals surface area contributed by atoms with Crippen LogP contribution in [0, 0.1) is 0 Å². The monoisotopic (exact) mass is 290 g/mol. The Labute approximate surface area is 125 Å². The van der Waals surface area contributed by atoms with E-state index in [0.29, 0.717) is 29.7 Å². The molecule has 0 amide bonds. The summed E-state index contributed by atoms with van der Waals surface area (Å²) < 4.78 is 5.30. The van der Waals surface area contributed by atoms with E-state index in [4.69, 9.17) is 4.74 Å². The number of hydrogen-bond donors (Lipinski definition) is 2. The molecule has 2 N–H and O–H groups in total. The third kappa shape index (κ3) is 4.12. The van der Waals surface area contributed by atoms with E-state index in [2.05, 4.69) is 6.58 Å². The van der Waals surface area contributed by atoms with Crippen LogP contribution >= 0.6 is 0 Å². The minimum atomic E-state index is -1.15. The number of allylic oxidation sites excluding steroid dienone is 2. The first kappa shape index (κ1) is 16.8. The van der Waals surface area contributed by atoms with Gasteiger partial charge in [-0.15, -0.1) is 6.58 Å². The SMILES string of the molecule is C=C(C)CCc1c(OC)cc(C=CCC)c(C(=O)O)c1O. The third-order valence-corrected chi connectivity index (χ3v) is 3.16. The molecule has 1 aromatic rings. The van der Waals surface area contributed by atoms with Gasteiger partial charge in [0, 0.05) is 5.56 Å². The summed E-state index contributed by atoms with van der Waals surface area (Å²) in [6, 6.07) is 1.66. The first-order valence-electron chi connectivity index (χ1n) is 6.89. The van der Waals surface area contributed by atoms with Crippen molar-refractivity contribution >= 4 is 12.0 Å². The number of rotatable bonds is 7. The van der Waals surface area contributed by atoms with Gasteiger partial charge in [-0.1, -0.05) is 24.6 Å². The van der Waals surface area contributed by atoms with Crippen molar-refractivity contribution in [3.8, 4) is 11.5 Å². The van der Waals surface area contributed by atoms with Crippen LogP contribution in [0.25, 0.3) is 6.08 Å². The standard InChI is InChI=1S/C17H22O4/c1-5-6-7-12-10-14(21-4)13(9-8-11(2)3)16(18)15(12)17(19)20/h6-7,10,18H,2,5,8-9H2,1,3-4H3,(H,19,20). The maximum atomic E-state index is 11.4. The smallest absolute Gasteiger partial charge is 0.340 e. The Morgan fingerprint density at radius 1 is 1.48 bits per heavy atom. The average molecular weight is 290 g/mol. The first-order valence-corrected chi connectivity index (χ1v) is 6.89. The van der Waals surface area contributed by atoms with Crippen LogP contribution in [-0.4, -0.2) is 23.3 Å². The van der Waals surface area contributed by atoms with Crippen LogP contribution in [0.4, 0.5) is 0 Å². The highest BCUT2D eigenvalue weighted by Gasteiger charge is 2.21. The number of aromatic carboxylic acids is 1. The van der Waals surface area contributed by atoms with Gasteiger partial charge in [0.2, 0.25) is 0 Å². The Morgan fingerprint density at radius 3 is 2.62 bits per heavy atom. The molecule has 0 aliphatic heterocycles. The Kier molecular flexibility index (Phi) is 6.03. The molecule has 0 aliphatic carbocycles. The lowest BCUT2D eigenvalue weighted by atomic mass is 9.96. The summed E-state index contributed by atoms with van der Waals surface area (Å²) in [5.41, 5.74) is 1.82. The topological polar surface area (TPSA) is 66.8 Å². The van der Waals surface area contributed by atoms with Gasteiger partial charge in [-0.05, 0) is 37.8 Å². The average Bonchev–Trinajstić information content (AvgIpc) is 2.42. The Hall–Kier alpha value is -2.23. The highest BCUT2D eigenvalue weighted by atomic mass is 16.5. The lowest BCUT2D eigenvalue weighted by molar-refractivity contribution is 0.0693. The van der Waals surface area contributed by atoms with E-state index in [1.165, 1.54) is 7.11 Å². The molecular weight excluding hydrogens is 268 g/mol. The van der Waals surface area contributed by atoms with E-state index in [1.807, 2.05) is 19.9 Å². The largest absolute Gasteiger partial charge is 0.507 e. The fourth-order valence-corrected chi connectivity index (χ4v) is 2.07. The van der Waals surface area contributed by atoms with Crippen molar-refractivity contribution in [2.24, 2.45) is 0 Å². The van der Waals surface area contributed by atoms with Gasteiger partial charge in [-0.3, -0.25) is 0 Å². The second kappa shape index (κ2) is 7.53. The molecule has 1 aromatic carbocycles. The fraction of sp³-hybridized carbons (Fsp3) is 0.353. The lowest BCUT2D eigenvalue weighted by Crippen LogP contribution is -2.05. The quantitative estimate of drug-likeness (QED) is 0.744. The Morgan fingerprint density at radius 2 is 2.14 bits per heavy atom. The summed E-state index contributed by atoms with van der Waals surface area (Å²) in [5, 5.41) is 19.7. The zero-order valence-electron chi connectivity index (χ0n) is 12.8. The van der Waals surface area contributed by atoms with Gasteiger partial charge in [0.25, 0.3) is 0 Å². The molecule has 0 bridgehead atoms. The Bertz CT molecular complexity index is 571. The van der Waals surface area contributed by atoms with E-state index in [9.17, 15) is 15.0 Å². The van der Waals surface area contributed by atoms with Gasteiger partial charge in [0.15, 0.2) is 0 Å². The van der Waals surface area contributed by atoms with Crippen molar-refractivity contribution in [3.05, 3.63) is 41.0 Å². The maximum Gasteiger partial charge on any atom is 0.340 e. The van der Waals surface area contributed by atoms with Gasteiger partial charge in [-0.2, -0.15) is 0 Å². The summed E-state index contributed by atoms with van der Waals surface area (Å²) in [7, 11) is 1.51. The second-order valence-corrected chi connectivity index (χ2v) is 4.94. The number of carboxylic acid groups (broad SMARTS) is 1. The zero-order valence-corrected chi connectivity index (χ0v) is 12.8. The predicted octanol–water partition coefficient (Wildman–Crippen LogP) is 4.03. The molecule has 0 spiro atoms. The van der Waals surface area contributed by atoms with Crippen LogP contribution in [-0.2, 0) is 6.42 Å². The number of ether oxygens (including phenoxy) is 1. The van der Waals surface area contributed by atoms with Crippen molar-refractivity contribution < 1.29 is 19.7 Å². The molecule has 114 valence electrons. The number of carboxylic acids is 1. The molecule has 0 fully saturated rings. The maximum absolute atomic E-state index is 11.4. The molecule has 4 nitrogen and oxygen atoms in total. The summed E-state index contributed by atoms with van der Waals surface area (Å²) in [6.45, 7) is 7.66. The Balaban J connectivity index is 3.44. The molecular formula is C17H22O4. The van der Waals surface area contributed by atoms with Crippen LogP contribution in [0.1, 0.15) is 48.2 Å². The lowest BCUT2D eigenvalue weighted by Gasteiger charge is -2.15. The number of phenols is 1. The van der Waals surface area contributed by atoms with Crippen LogP contribution in [0.2, 0.25) is 0 Å². The van der Waals surface area contributed by atoms with Gasteiger partial charge >= 0.3 is 5.97 Å². The second-order valence-electron chi connectivity index (χ2n) is 4.94. The van der Waals surface area contributed by atoms with Gasteiger partial charge < -0.3 is 14.9 Å². The van der Waals surface area contributed by atoms with Crippen molar-refractivity contribution in [1.29, 1.82) is 0 Å². The highest BCUT2D eigenvalue weighted by molar-refractivity contribution is 5.96. The highest BCUT2D eigenvalue weighted by Crippen LogP contribution is 2.36. The minimum Gasteiger partial charge on any atom is -0.507 e. The minimum absolute atomic E-state index is 0.0859. The molecule has 0 radical (unpaired) electrons. The van der Waals surface area contributed by atoms with Crippen molar-refractivity contribution in [1.82, 2.24) is 0 Å². The van der Waals surface area contributed by atoms with Gasteiger partial charge in [-0.25, -0.2) is 4.79 Å². The summed E-state index contributed by atoms with van der Waals surface area (Å²) >= 11 is 0. The van der Waals surface area contributed by atoms with E-state index in [-0.39, 0.29) is 11.3 Å². The molecule has 0 saturated heterocycles. The van der Waals surface area contributed by atoms with Gasteiger partial charge in [0.1, 0.15) is 17.1 Å². The van der Waals surface area contributed by atoms with Crippen molar-refractivity contribution in [3.63, 3.8) is 0 Å².